The zero-order valence-electron chi connectivity index (χ0n) is 10.9. The predicted octanol–water partition coefficient (Wildman–Crippen LogP) is 0.178. The van der Waals surface area contributed by atoms with Gasteiger partial charge in [-0.3, -0.25) is 14.5 Å². The Morgan fingerprint density at radius 3 is 2.67 bits per heavy atom. The molecule has 5 nitrogen and oxygen atoms in total. The molecule has 0 radical (unpaired) electrons. The van der Waals surface area contributed by atoms with Gasteiger partial charge in [0.05, 0.1) is 19.1 Å². The van der Waals surface area contributed by atoms with E-state index in [0.717, 1.165) is 19.3 Å². The fourth-order valence-electron chi connectivity index (χ4n) is 2.75. The first-order chi connectivity index (χ1) is 8.58. The SMILES string of the molecule is CC1CCC(C(N)=O)CN1CC(=O)C1CCOC1. The van der Waals surface area contributed by atoms with Crippen molar-refractivity contribution in [2.75, 3.05) is 26.3 Å². The third-order valence-electron chi connectivity index (χ3n) is 4.16. The van der Waals surface area contributed by atoms with Gasteiger partial charge >= 0.3 is 0 Å². The van der Waals surface area contributed by atoms with Crippen molar-refractivity contribution in [3.63, 3.8) is 0 Å². The molecule has 2 heterocycles. The average molecular weight is 254 g/mol. The maximum atomic E-state index is 12.1. The topological polar surface area (TPSA) is 72.6 Å². The summed E-state index contributed by atoms with van der Waals surface area (Å²) in [6.07, 6.45) is 2.61. The summed E-state index contributed by atoms with van der Waals surface area (Å²) in [6.45, 7) is 4.40. The minimum Gasteiger partial charge on any atom is -0.381 e. The van der Waals surface area contributed by atoms with Crippen molar-refractivity contribution < 1.29 is 14.3 Å². The van der Waals surface area contributed by atoms with E-state index in [1.165, 1.54) is 0 Å². The summed E-state index contributed by atoms with van der Waals surface area (Å²) < 4.78 is 5.24. The van der Waals surface area contributed by atoms with Gasteiger partial charge in [-0.1, -0.05) is 0 Å². The van der Waals surface area contributed by atoms with Crippen LogP contribution in [0.15, 0.2) is 0 Å². The predicted molar refractivity (Wildman–Crippen MR) is 66.9 cm³/mol. The monoisotopic (exact) mass is 254 g/mol. The van der Waals surface area contributed by atoms with Crippen molar-refractivity contribution in [1.29, 1.82) is 0 Å². The molecule has 2 rings (SSSR count). The highest BCUT2D eigenvalue weighted by molar-refractivity contribution is 5.83. The van der Waals surface area contributed by atoms with Crippen LogP contribution in [-0.4, -0.2) is 48.9 Å². The first kappa shape index (κ1) is 13.5. The average Bonchev–Trinajstić information content (AvgIpc) is 2.85. The third kappa shape index (κ3) is 3.09. The van der Waals surface area contributed by atoms with Gasteiger partial charge in [0.1, 0.15) is 0 Å². The highest BCUT2D eigenvalue weighted by Crippen LogP contribution is 2.23. The molecular formula is C13H22N2O3. The first-order valence-corrected chi connectivity index (χ1v) is 6.71. The quantitative estimate of drug-likeness (QED) is 0.776. The number of primary amides is 1. The number of likely N-dealkylation sites (tertiary alicyclic amines) is 1. The number of nitrogens with zero attached hydrogens (tertiary/aromatic N) is 1. The zero-order chi connectivity index (χ0) is 13.1. The Bertz CT molecular complexity index is 326. The van der Waals surface area contributed by atoms with E-state index in [2.05, 4.69) is 11.8 Å². The number of ketones is 1. The van der Waals surface area contributed by atoms with Crippen LogP contribution in [0, 0.1) is 11.8 Å². The van der Waals surface area contributed by atoms with Crippen LogP contribution in [0.5, 0.6) is 0 Å². The van der Waals surface area contributed by atoms with E-state index in [9.17, 15) is 9.59 Å². The van der Waals surface area contributed by atoms with Gasteiger partial charge in [0, 0.05) is 25.1 Å². The van der Waals surface area contributed by atoms with E-state index >= 15 is 0 Å². The summed E-state index contributed by atoms with van der Waals surface area (Å²) in [7, 11) is 0. The molecule has 2 aliphatic heterocycles. The van der Waals surface area contributed by atoms with E-state index in [4.69, 9.17) is 10.5 Å². The molecule has 2 aliphatic rings. The van der Waals surface area contributed by atoms with Crippen molar-refractivity contribution in [3.05, 3.63) is 0 Å². The standard InChI is InChI=1S/C13H22N2O3/c1-9-2-3-10(13(14)17)6-15(9)7-12(16)11-4-5-18-8-11/h9-11H,2-8H2,1H3,(H2,14,17). The van der Waals surface area contributed by atoms with E-state index in [1.54, 1.807) is 0 Å². The number of nitrogens with two attached hydrogens (primary N) is 1. The van der Waals surface area contributed by atoms with Gasteiger partial charge < -0.3 is 10.5 Å². The molecule has 0 aromatic carbocycles. The van der Waals surface area contributed by atoms with Gasteiger partial charge in [-0.2, -0.15) is 0 Å². The van der Waals surface area contributed by atoms with Crippen LogP contribution in [0.2, 0.25) is 0 Å². The molecule has 2 fully saturated rings. The Morgan fingerprint density at radius 2 is 2.06 bits per heavy atom. The molecule has 0 saturated carbocycles. The molecule has 1 amide bonds. The molecule has 3 atom stereocenters. The van der Waals surface area contributed by atoms with Gasteiger partial charge in [0.15, 0.2) is 5.78 Å². The lowest BCUT2D eigenvalue weighted by molar-refractivity contribution is -0.128. The van der Waals surface area contributed by atoms with Crippen molar-refractivity contribution in [2.45, 2.75) is 32.2 Å². The number of hydrogen-bond donors (Lipinski definition) is 1. The first-order valence-electron chi connectivity index (χ1n) is 6.71. The lowest BCUT2D eigenvalue weighted by Crippen LogP contribution is -2.48. The van der Waals surface area contributed by atoms with Crippen LogP contribution >= 0.6 is 0 Å². The summed E-state index contributed by atoms with van der Waals surface area (Å²) in [5.41, 5.74) is 5.36. The van der Waals surface area contributed by atoms with Crippen LogP contribution in [0.3, 0.4) is 0 Å². The zero-order valence-corrected chi connectivity index (χ0v) is 10.9. The Hall–Kier alpha value is -0.940. The second-order valence-corrected chi connectivity index (χ2v) is 5.48. The van der Waals surface area contributed by atoms with Gasteiger partial charge in [-0.25, -0.2) is 0 Å². The molecule has 3 unspecified atom stereocenters. The van der Waals surface area contributed by atoms with E-state index in [0.29, 0.717) is 32.3 Å². The van der Waals surface area contributed by atoms with Crippen LogP contribution in [0.25, 0.3) is 0 Å². The summed E-state index contributed by atoms with van der Waals surface area (Å²) in [4.78, 5) is 25.4. The Morgan fingerprint density at radius 1 is 1.28 bits per heavy atom. The minimum atomic E-state index is -0.247. The number of amides is 1. The summed E-state index contributed by atoms with van der Waals surface area (Å²) in [6, 6.07) is 0.354. The molecule has 102 valence electrons. The van der Waals surface area contributed by atoms with Crippen molar-refractivity contribution in [3.8, 4) is 0 Å². The smallest absolute Gasteiger partial charge is 0.221 e. The van der Waals surface area contributed by atoms with E-state index in [-0.39, 0.29) is 23.5 Å². The van der Waals surface area contributed by atoms with Crippen molar-refractivity contribution in [2.24, 2.45) is 17.6 Å². The number of carbonyl (C=O) groups excluding carboxylic acids is 2. The van der Waals surface area contributed by atoms with Crippen molar-refractivity contribution >= 4 is 11.7 Å². The molecular weight excluding hydrogens is 232 g/mol. The molecule has 0 aliphatic carbocycles. The Balaban J connectivity index is 1.89. The third-order valence-corrected chi connectivity index (χ3v) is 4.16. The lowest BCUT2D eigenvalue weighted by atomic mass is 9.92. The van der Waals surface area contributed by atoms with Crippen LogP contribution in [0.4, 0.5) is 0 Å². The lowest BCUT2D eigenvalue weighted by Gasteiger charge is -2.36. The number of rotatable bonds is 4. The molecule has 0 bridgehead atoms. The summed E-state index contributed by atoms with van der Waals surface area (Å²) in [5, 5.41) is 0. The van der Waals surface area contributed by atoms with E-state index < -0.39 is 0 Å². The van der Waals surface area contributed by atoms with Gasteiger partial charge in [0.25, 0.3) is 0 Å². The van der Waals surface area contributed by atoms with E-state index in [1.807, 2.05) is 0 Å². The van der Waals surface area contributed by atoms with Gasteiger partial charge in [0.2, 0.25) is 5.91 Å². The molecule has 2 N–H and O–H groups in total. The maximum absolute atomic E-state index is 12.1. The van der Waals surface area contributed by atoms with Crippen LogP contribution < -0.4 is 5.73 Å². The fourth-order valence-corrected chi connectivity index (χ4v) is 2.75. The maximum Gasteiger partial charge on any atom is 0.221 e. The number of carbonyl (C=O) groups is 2. The number of hydrogen-bond acceptors (Lipinski definition) is 4. The highest BCUT2D eigenvalue weighted by Gasteiger charge is 2.32. The number of piperidine rings is 1. The molecule has 0 spiro atoms. The molecule has 2 saturated heterocycles. The normalized spacial score (nSPS) is 33.5. The minimum absolute atomic E-state index is 0.0474. The van der Waals surface area contributed by atoms with Crippen molar-refractivity contribution in [1.82, 2.24) is 4.90 Å². The number of Topliss-reactive ketones (excluding diaryl/α,β-unsaturated/α-hetero) is 1. The Kier molecular flexibility index (Phi) is 4.35. The highest BCUT2D eigenvalue weighted by atomic mass is 16.5. The van der Waals surface area contributed by atoms with Gasteiger partial charge in [-0.05, 0) is 26.2 Å². The Labute approximate surface area is 108 Å². The summed E-state index contributed by atoms with van der Waals surface area (Å²) in [5.74, 6) is -0.0620. The number of ether oxygens (including phenoxy) is 1. The fraction of sp³-hybridized carbons (Fsp3) is 0.846. The summed E-state index contributed by atoms with van der Waals surface area (Å²) >= 11 is 0. The molecule has 0 aromatic heterocycles. The molecule has 0 aromatic rings. The van der Waals surface area contributed by atoms with Crippen LogP contribution in [0.1, 0.15) is 26.2 Å². The molecule has 18 heavy (non-hydrogen) atoms. The van der Waals surface area contributed by atoms with Gasteiger partial charge in [-0.15, -0.1) is 0 Å². The van der Waals surface area contributed by atoms with Crippen LogP contribution in [-0.2, 0) is 14.3 Å². The second-order valence-electron chi connectivity index (χ2n) is 5.48. The second kappa shape index (κ2) is 5.80. The largest absolute Gasteiger partial charge is 0.381 e. The molecule has 5 heteroatoms.